The molecule has 2 rings (SSSR count). The van der Waals surface area contributed by atoms with Crippen molar-refractivity contribution < 1.29 is 0 Å². The van der Waals surface area contributed by atoms with E-state index in [9.17, 15) is 0 Å². The average molecular weight is 310 g/mol. The van der Waals surface area contributed by atoms with Crippen LogP contribution < -0.4 is 5.32 Å². The van der Waals surface area contributed by atoms with Crippen LogP contribution in [0.1, 0.15) is 51.6 Å². The van der Waals surface area contributed by atoms with Gasteiger partial charge in [0.15, 0.2) is 0 Å². The third-order valence-corrected chi connectivity index (χ3v) is 5.11. The highest BCUT2D eigenvalue weighted by molar-refractivity contribution is 9.10. The maximum absolute atomic E-state index is 3.81. The van der Waals surface area contributed by atoms with Crippen molar-refractivity contribution >= 4 is 15.9 Å². The normalized spacial score (nSPS) is 29.4. The highest BCUT2D eigenvalue weighted by atomic mass is 79.9. The van der Waals surface area contributed by atoms with Crippen molar-refractivity contribution in [3.63, 3.8) is 0 Å². The molecule has 0 aromatic heterocycles. The van der Waals surface area contributed by atoms with Crippen LogP contribution in [0.25, 0.3) is 0 Å². The van der Waals surface area contributed by atoms with Crippen molar-refractivity contribution in [1.29, 1.82) is 0 Å². The zero-order valence-corrected chi connectivity index (χ0v) is 13.2. The predicted molar refractivity (Wildman–Crippen MR) is 81.7 cm³/mol. The number of nitrogens with one attached hydrogen (secondary N) is 1. The topological polar surface area (TPSA) is 12.0 Å². The molecule has 0 spiro atoms. The lowest BCUT2D eigenvalue weighted by Gasteiger charge is -2.25. The van der Waals surface area contributed by atoms with Gasteiger partial charge < -0.3 is 5.32 Å². The smallest absolute Gasteiger partial charge is 0.0294 e. The highest BCUT2D eigenvalue weighted by Gasteiger charge is 2.32. The van der Waals surface area contributed by atoms with E-state index in [2.05, 4.69) is 66.3 Å². The van der Waals surface area contributed by atoms with Crippen molar-refractivity contribution in [3.8, 4) is 0 Å². The molecule has 0 radical (unpaired) electrons. The van der Waals surface area contributed by atoms with Gasteiger partial charge in [0.25, 0.3) is 0 Å². The first-order valence-electron chi connectivity index (χ1n) is 7.13. The summed E-state index contributed by atoms with van der Waals surface area (Å²) in [5.74, 6) is 1.73. The standard InChI is InChI=1S/C16H24BrN/c1-4-13-7-10-16(11(13)2)18-12(3)14-5-8-15(17)9-6-14/h5-6,8-9,11-13,16,18H,4,7,10H2,1-3H3. The van der Waals surface area contributed by atoms with Crippen LogP contribution >= 0.6 is 15.9 Å². The molecule has 1 saturated carbocycles. The van der Waals surface area contributed by atoms with Gasteiger partial charge in [0.2, 0.25) is 0 Å². The molecule has 0 heterocycles. The lowest BCUT2D eigenvalue weighted by atomic mass is 9.93. The Morgan fingerprint density at radius 3 is 2.50 bits per heavy atom. The van der Waals surface area contributed by atoms with Gasteiger partial charge in [-0.05, 0) is 49.3 Å². The average Bonchev–Trinajstić information content (AvgIpc) is 2.71. The lowest BCUT2D eigenvalue weighted by Crippen LogP contribution is -2.34. The summed E-state index contributed by atoms with van der Waals surface area (Å²) < 4.78 is 1.15. The Morgan fingerprint density at radius 1 is 1.28 bits per heavy atom. The molecule has 4 atom stereocenters. The van der Waals surface area contributed by atoms with Gasteiger partial charge in [-0.25, -0.2) is 0 Å². The minimum Gasteiger partial charge on any atom is -0.307 e. The molecule has 0 saturated heterocycles. The van der Waals surface area contributed by atoms with Crippen molar-refractivity contribution in [1.82, 2.24) is 5.32 Å². The number of hydrogen-bond acceptors (Lipinski definition) is 1. The van der Waals surface area contributed by atoms with Crippen LogP contribution in [0.4, 0.5) is 0 Å². The summed E-state index contributed by atoms with van der Waals surface area (Å²) in [4.78, 5) is 0. The summed E-state index contributed by atoms with van der Waals surface area (Å²) in [5, 5.41) is 3.81. The van der Waals surface area contributed by atoms with E-state index in [0.29, 0.717) is 12.1 Å². The summed E-state index contributed by atoms with van der Waals surface area (Å²) in [5.41, 5.74) is 1.38. The first kappa shape index (κ1) is 14.1. The van der Waals surface area contributed by atoms with E-state index in [1.807, 2.05) is 0 Å². The van der Waals surface area contributed by atoms with E-state index < -0.39 is 0 Å². The molecule has 4 unspecified atom stereocenters. The molecule has 1 aliphatic carbocycles. The number of hydrogen-bond donors (Lipinski definition) is 1. The zero-order chi connectivity index (χ0) is 13.1. The maximum atomic E-state index is 3.81. The Bertz CT molecular complexity index is 373. The zero-order valence-electron chi connectivity index (χ0n) is 11.6. The summed E-state index contributed by atoms with van der Waals surface area (Å²) in [7, 11) is 0. The van der Waals surface area contributed by atoms with Crippen LogP contribution in [0.15, 0.2) is 28.7 Å². The Kier molecular flexibility index (Phi) is 4.85. The second kappa shape index (κ2) is 6.21. The van der Waals surface area contributed by atoms with Gasteiger partial charge in [0.1, 0.15) is 0 Å². The van der Waals surface area contributed by atoms with E-state index in [0.717, 1.165) is 16.3 Å². The van der Waals surface area contributed by atoms with Gasteiger partial charge in [-0.2, -0.15) is 0 Å². The van der Waals surface area contributed by atoms with E-state index in [1.54, 1.807) is 0 Å². The van der Waals surface area contributed by atoms with Crippen LogP contribution in [-0.2, 0) is 0 Å². The Hall–Kier alpha value is -0.340. The molecule has 2 heteroatoms. The molecule has 1 fully saturated rings. The Morgan fingerprint density at radius 2 is 1.94 bits per heavy atom. The fourth-order valence-corrected chi connectivity index (χ4v) is 3.49. The lowest BCUT2D eigenvalue weighted by molar-refractivity contribution is 0.327. The van der Waals surface area contributed by atoms with Crippen LogP contribution in [0.2, 0.25) is 0 Å². The molecule has 18 heavy (non-hydrogen) atoms. The summed E-state index contributed by atoms with van der Waals surface area (Å²) in [6.45, 7) is 7.00. The number of benzene rings is 1. The summed E-state index contributed by atoms with van der Waals surface area (Å²) >= 11 is 3.49. The van der Waals surface area contributed by atoms with Gasteiger partial charge >= 0.3 is 0 Å². The van der Waals surface area contributed by atoms with Crippen molar-refractivity contribution in [2.75, 3.05) is 0 Å². The first-order valence-corrected chi connectivity index (χ1v) is 7.92. The van der Waals surface area contributed by atoms with Crippen LogP contribution in [-0.4, -0.2) is 6.04 Å². The molecule has 0 aliphatic heterocycles. The largest absolute Gasteiger partial charge is 0.307 e. The van der Waals surface area contributed by atoms with Crippen molar-refractivity contribution in [2.45, 2.75) is 52.1 Å². The molecule has 0 bridgehead atoms. The van der Waals surface area contributed by atoms with Crippen molar-refractivity contribution in [3.05, 3.63) is 34.3 Å². The molecule has 1 nitrogen and oxygen atoms in total. The second-order valence-corrected chi connectivity index (χ2v) is 6.57. The molecule has 1 aromatic carbocycles. The molecular formula is C16H24BrN. The fraction of sp³-hybridized carbons (Fsp3) is 0.625. The van der Waals surface area contributed by atoms with Crippen LogP contribution in [0.3, 0.4) is 0 Å². The third kappa shape index (κ3) is 3.16. The molecule has 100 valence electrons. The van der Waals surface area contributed by atoms with Gasteiger partial charge in [0.05, 0.1) is 0 Å². The third-order valence-electron chi connectivity index (χ3n) is 4.59. The van der Waals surface area contributed by atoms with Crippen LogP contribution in [0.5, 0.6) is 0 Å². The number of rotatable bonds is 4. The first-order chi connectivity index (χ1) is 8.61. The van der Waals surface area contributed by atoms with Gasteiger partial charge in [0, 0.05) is 16.6 Å². The van der Waals surface area contributed by atoms with E-state index >= 15 is 0 Å². The molecule has 1 N–H and O–H groups in total. The predicted octanol–water partition coefficient (Wildman–Crippen LogP) is 4.92. The van der Waals surface area contributed by atoms with E-state index in [1.165, 1.54) is 24.8 Å². The minimum atomic E-state index is 0.446. The van der Waals surface area contributed by atoms with Gasteiger partial charge in [-0.1, -0.05) is 48.3 Å². The molecule has 1 aromatic rings. The Balaban J connectivity index is 1.95. The number of halogens is 1. The van der Waals surface area contributed by atoms with Gasteiger partial charge in [-0.15, -0.1) is 0 Å². The molecule has 1 aliphatic rings. The molecule has 0 amide bonds. The van der Waals surface area contributed by atoms with E-state index in [4.69, 9.17) is 0 Å². The second-order valence-electron chi connectivity index (χ2n) is 5.65. The quantitative estimate of drug-likeness (QED) is 0.832. The fourth-order valence-electron chi connectivity index (χ4n) is 3.23. The minimum absolute atomic E-state index is 0.446. The van der Waals surface area contributed by atoms with Crippen LogP contribution in [0, 0.1) is 11.8 Å². The SMILES string of the molecule is CCC1CCC(NC(C)c2ccc(Br)cc2)C1C. The summed E-state index contributed by atoms with van der Waals surface area (Å²) in [6.07, 6.45) is 4.05. The van der Waals surface area contributed by atoms with Crippen molar-refractivity contribution in [2.24, 2.45) is 11.8 Å². The summed E-state index contributed by atoms with van der Waals surface area (Å²) in [6, 6.07) is 9.80. The van der Waals surface area contributed by atoms with Gasteiger partial charge in [-0.3, -0.25) is 0 Å². The maximum Gasteiger partial charge on any atom is 0.0294 e. The monoisotopic (exact) mass is 309 g/mol. The van der Waals surface area contributed by atoms with E-state index in [-0.39, 0.29) is 0 Å². The highest BCUT2D eigenvalue weighted by Crippen LogP contribution is 2.35. The Labute approximate surface area is 119 Å². The molecular weight excluding hydrogens is 286 g/mol.